The molecule has 2 heteroatoms. The van der Waals surface area contributed by atoms with Gasteiger partial charge in [-0.1, -0.05) is 36.4 Å². The first-order valence-electron chi connectivity index (χ1n) is 6.86. The number of rotatable bonds is 8. The van der Waals surface area contributed by atoms with E-state index < -0.39 is 0 Å². The van der Waals surface area contributed by atoms with Crippen LogP contribution in [0.5, 0.6) is 5.75 Å². The Balaban J connectivity index is 2.13. The van der Waals surface area contributed by atoms with Crippen molar-refractivity contribution in [2.45, 2.75) is 38.7 Å². The van der Waals surface area contributed by atoms with E-state index in [-0.39, 0.29) is 6.10 Å². The van der Waals surface area contributed by atoms with Gasteiger partial charge in [0.25, 0.3) is 0 Å². The maximum Gasteiger partial charge on any atom is 0.118 e. The van der Waals surface area contributed by atoms with E-state index in [0.717, 1.165) is 18.6 Å². The second kappa shape index (κ2) is 9.40. The van der Waals surface area contributed by atoms with Crippen LogP contribution in [0.2, 0.25) is 0 Å². The number of aliphatic hydroxyl groups excluding tert-OH is 1. The third kappa shape index (κ3) is 7.47. The Kier molecular flexibility index (Phi) is 7.68. The summed E-state index contributed by atoms with van der Waals surface area (Å²) in [5.74, 6) is 0.914. The zero-order chi connectivity index (χ0) is 13.9. The molecule has 0 bridgehead atoms. The number of unbranched alkanes of at least 4 members (excludes halogenated alkanes) is 2. The van der Waals surface area contributed by atoms with Gasteiger partial charge in [-0.25, -0.2) is 0 Å². The normalized spacial score (nSPS) is 13.2. The molecule has 0 radical (unpaired) electrons. The van der Waals surface area contributed by atoms with Gasteiger partial charge in [0.15, 0.2) is 0 Å². The molecule has 1 rings (SSSR count). The summed E-state index contributed by atoms with van der Waals surface area (Å²) in [4.78, 5) is 0. The van der Waals surface area contributed by atoms with Crippen molar-refractivity contribution < 1.29 is 9.84 Å². The van der Waals surface area contributed by atoms with Gasteiger partial charge in [-0.05, 0) is 50.3 Å². The van der Waals surface area contributed by atoms with Gasteiger partial charge in [0.05, 0.1) is 13.2 Å². The molecule has 1 atom stereocenters. The minimum Gasteiger partial charge on any atom is -0.497 e. The molecule has 0 saturated heterocycles. The largest absolute Gasteiger partial charge is 0.497 e. The highest BCUT2D eigenvalue weighted by atomic mass is 16.5. The van der Waals surface area contributed by atoms with Gasteiger partial charge in [-0.3, -0.25) is 0 Å². The quantitative estimate of drug-likeness (QED) is 0.567. The minimum atomic E-state index is -0.361. The second-order valence-electron chi connectivity index (χ2n) is 4.65. The van der Waals surface area contributed by atoms with Crippen molar-refractivity contribution in [1.82, 2.24) is 0 Å². The maximum absolute atomic E-state index is 9.03. The van der Waals surface area contributed by atoms with Gasteiger partial charge in [-0.15, -0.1) is 0 Å². The number of benzene rings is 1. The molecule has 19 heavy (non-hydrogen) atoms. The molecule has 1 N–H and O–H groups in total. The van der Waals surface area contributed by atoms with Crippen molar-refractivity contribution in [1.29, 1.82) is 0 Å². The summed E-state index contributed by atoms with van der Waals surface area (Å²) in [5.41, 5.74) is 1.36. The summed E-state index contributed by atoms with van der Waals surface area (Å²) < 4.78 is 5.13. The summed E-state index contributed by atoms with van der Waals surface area (Å²) in [6.45, 7) is 1.75. The fourth-order valence-corrected chi connectivity index (χ4v) is 1.78. The third-order valence-corrected chi connectivity index (χ3v) is 2.88. The molecule has 0 spiro atoms. The highest BCUT2D eigenvalue weighted by molar-refractivity contribution is 5.27. The fourth-order valence-electron chi connectivity index (χ4n) is 1.78. The number of allylic oxidation sites excluding steroid dienone is 3. The van der Waals surface area contributed by atoms with E-state index in [1.54, 1.807) is 20.1 Å². The van der Waals surface area contributed by atoms with E-state index in [1.807, 2.05) is 24.3 Å². The first kappa shape index (κ1) is 15.5. The standard InChI is InChI=1S/C17H24O2/c1-15(18)9-7-5-3-4-6-8-10-16-11-13-17(19-2)14-12-16/h3,5,7,9,11-15,18H,4,6,8,10H2,1-2H3/b5-3+,9-7+/t15-/m1/s1. The van der Waals surface area contributed by atoms with E-state index in [4.69, 9.17) is 9.84 Å². The second-order valence-corrected chi connectivity index (χ2v) is 4.65. The number of hydrogen-bond acceptors (Lipinski definition) is 2. The average Bonchev–Trinajstić information content (AvgIpc) is 2.42. The van der Waals surface area contributed by atoms with E-state index in [2.05, 4.69) is 18.2 Å². The number of hydrogen-bond donors (Lipinski definition) is 1. The van der Waals surface area contributed by atoms with Gasteiger partial charge in [0.2, 0.25) is 0 Å². The van der Waals surface area contributed by atoms with Crippen LogP contribution in [0, 0.1) is 0 Å². The van der Waals surface area contributed by atoms with Gasteiger partial charge in [0.1, 0.15) is 5.75 Å². The summed E-state index contributed by atoms with van der Waals surface area (Å²) in [5, 5.41) is 9.03. The highest BCUT2D eigenvalue weighted by Gasteiger charge is 1.94. The predicted molar refractivity (Wildman–Crippen MR) is 80.5 cm³/mol. The molecule has 104 valence electrons. The summed E-state index contributed by atoms with van der Waals surface area (Å²) in [6, 6.07) is 8.27. The zero-order valence-corrected chi connectivity index (χ0v) is 11.9. The van der Waals surface area contributed by atoms with Crippen molar-refractivity contribution >= 4 is 0 Å². The Morgan fingerprint density at radius 3 is 2.53 bits per heavy atom. The lowest BCUT2D eigenvalue weighted by Gasteiger charge is -2.02. The Hall–Kier alpha value is -1.54. The van der Waals surface area contributed by atoms with Gasteiger partial charge >= 0.3 is 0 Å². The molecule has 0 aliphatic rings. The van der Waals surface area contributed by atoms with Crippen molar-refractivity contribution in [2.75, 3.05) is 7.11 Å². The molecular formula is C17H24O2. The van der Waals surface area contributed by atoms with Crippen molar-refractivity contribution in [2.24, 2.45) is 0 Å². The number of aryl methyl sites for hydroxylation is 1. The molecule has 2 nitrogen and oxygen atoms in total. The first-order chi connectivity index (χ1) is 9.22. The van der Waals surface area contributed by atoms with Gasteiger partial charge in [-0.2, -0.15) is 0 Å². The zero-order valence-electron chi connectivity index (χ0n) is 11.9. The summed E-state index contributed by atoms with van der Waals surface area (Å²) in [6.07, 6.45) is 12.0. The smallest absolute Gasteiger partial charge is 0.118 e. The van der Waals surface area contributed by atoms with Crippen LogP contribution < -0.4 is 4.74 Å². The highest BCUT2D eigenvalue weighted by Crippen LogP contribution is 2.13. The molecule has 0 heterocycles. The molecule has 0 fully saturated rings. The lowest BCUT2D eigenvalue weighted by molar-refractivity contribution is 0.244. The Labute approximate surface area is 116 Å². The van der Waals surface area contributed by atoms with Crippen molar-refractivity contribution in [3.8, 4) is 5.75 Å². The van der Waals surface area contributed by atoms with Crippen LogP contribution in [-0.2, 0) is 6.42 Å². The van der Waals surface area contributed by atoms with Crippen LogP contribution in [0.1, 0.15) is 31.7 Å². The van der Waals surface area contributed by atoms with Crippen LogP contribution in [0.3, 0.4) is 0 Å². The molecule has 0 unspecified atom stereocenters. The SMILES string of the molecule is COc1ccc(CCCC/C=C/C=C/[C@@H](C)O)cc1. The topological polar surface area (TPSA) is 29.5 Å². The average molecular weight is 260 g/mol. The first-order valence-corrected chi connectivity index (χ1v) is 6.86. The van der Waals surface area contributed by atoms with Crippen LogP contribution in [0.15, 0.2) is 48.6 Å². The van der Waals surface area contributed by atoms with E-state index in [1.165, 1.54) is 18.4 Å². The molecule has 0 aromatic heterocycles. The van der Waals surface area contributed by atoms with E-state index in [0.29, 0.717) is 0 Å². The minimum absolute atomic E-state index is 0.361. The van der Waals surface area contributed by atoms with Crippen LogP contribution in [0.25, 0.3) is 0 Å². The molecule has 0 amide bonds. The Morgan fingerprint density at radius 2 is 1.89 bits per heavy atom. The van der Waals surface area contributed by atoms with Crippen LogP contribution in [-0.4, -0.2) is 18.3 Å². The lowest BCUT2D eigenvalue weighted by atomic mass is 10.1. The van der Waals surface area contributed by atoms with Crippen LogP contribution in [0.4, 0.5) is 0 Å². The molecule has 0 saturated carbocycles. The Bertz CT molecular complexity index is 388. The van der Waals surface area contributed by atoms with Crippen molar-refractivity contribution in [3.05, 3.63) is 54.1 Å². The van der Waals surface area contributed by atoms with Crippen LogP contribution >= 0.6 is 0 Å². The molecule has 0 aliphatic heterocycles. The van der Waals surface area contributed by atoms with Crippen molar-refractivity contribution in [3.63, 3.8) is 0 Å². The third-order valence-electron chi connectivity index (χ3n) is 2.88. The summed E-state index contributed by atoms with van der Waals surface area (Å²) >= 11 is 0. The molecule has 0 aliphatic carbocycles. The lowest BCUT2D eigenvalue weighted by Crippen LogP contribution is -1.90. The van der Waals surface area contributed by atoms with Gasteiger partial charge < -0.3 is 9.84 Å². The van der Waals surface area contributed by atoms with E-state index in [9.17, 15) is 0 Å². The maximum atomic E-state index is 9.03. The molecular weight excluding hydrogens is 236 g/mol. The Morgan fingerprint density at radius 1 is 1.16 bits per heavy atom. The monoisotopic (exact) mass is 260 g/mol. The predicted octanol–water partition coefficient (Wildman–Crippen LogP) is 3.90. The summed E-state index contributed by atoms with van der Waals surface area (Å²) in [7, 11) is 1.69. The van der Waals surface area contributed by atoms with E-state index >= 15 is 0 Å². The number of methoxy groups -OCH3 is 1. The van der Waals surface area contributed by atoms with Gasteiger partial charge in [0, 0.05) is 0 Å². The number of aliphatic hydroxyl groups is 1. The molecule has 1 aromatic carbocycles. The number of ether oxygens (including phenoxy) is 1. The molecule has 1 aromatic rings. The fraction of sp³-hybridized carbons (Fsp3) is 0.412.